The van der Waals surface area contributed by atoms with Crippen LogP contribution in [0.4, 0.5) is 0 Å². The molecule has 5 heteroatoms. The van der Waals surface area contributed by atoms with Crippen molar-refractivity contribution in [2.24, 2.45) is 11.7 Å². The van der Waals surface area contributed by atoms with Crippen LogP contribution in [0.2, 0.25) is 0 Å². The van der Waals surface area contributed by atoms with E-state index in [9.17, 15) is 9.59 Å². The quantitative estimate of drug-likeness (QED) is 0.560. The Morgan fingerprint density at radius 2 is 2.00 bits per heavy atom. The van der Waals surface area contributed by atoms with Crippen molar-refractivity contribution in [3.05, 3.63) is 24.0 Å². The second-order valence-corrected chi connectivity index (χ2v) is 5.15. The van der Waals surface area contributed by atoms with E-state index in [1.54, 1.807) is 0 Å². The number of hydrogen-bond acceptors (Lipinski definition) is 4. The van der Waals surface area contributed by atoms with Crippen LogP contribution < -0.4 is 10.5 Å². The first kappa shape index (κ1) is 17.1. The van der Waals surface area contributed by atoms with Crippen LogP contribution in [0.5, 0.6) is 5.75 Å². The highest BCUT2D eigenvalue weighted by Gasteiger charge is 2.18. The average molecular weight is 292 g/mol. The highest BCUT2D eigenvalue weighted by Crippen LogP contribution is 2.19. The zero-order chi connectivity index (χ0) is 15.7. The summed E-state index contributed by atoms with van der Waals surface area (Å²) in [6.45, 7) is 4.13. The van der Waals surface area contributed by atoms with E-state index in [2.05, 4.69) is 11.9 Å². The maximum Gasteiger partial charge on any atom is 0.314 e. The molecule has 0 fully saturated rings. The molecule has 0 spiro atoms. The highest BCUT2D eigenvalue weighted by molar-refractivity contribution is 5.92. The molecule has 0 aliphatic rings. The first-order valence-corrected chi connectivity index (χ1v) is 7.55. The topological polar surface area (TPSA) is 82.3 Å². The van der Waals surface area contributed by atoms with Crippen molar-refractivity contribution >= 4 is 11.9 Å². The lowest BCUT2D eigenvalue weighted by Gasteiger charge is -2.13. The van der Waals surface area contributed by atoms with Crippen molar-refractivity contribution in [1.29, 1.82) is 0 Å². The van der Waals surface area contributed by atoms with E-state index in [1.807, 2.05) is 6.92 Å². The lowest BCUT2D eigenvalue weighted by atomic mass is 9.98. The molecule has 116 valence electrons. The molecule has 0 saturated heterocycles. The number of pyridine rings is 1. The van der Waals surface area contributed by atoms with Gasteiger partial charge in [0.05, 0.1) is 17.7 Å². The summed E-state index contributed by atoms with van der Waals surface area (Å²) in [6.07, 6.45) is 8.87. The van der Waals surface area contributed by atoms with Gasteiger partial charge in [0.1, 0.15) is 5.75 Å². The number of unbranched alkanes of at least 4 members (excludes halogenated alkanes) is 3. The van der Waals surface area contributed by atoms with Gasteiger partial charge in [0.15, 0.2) is 0 Å². The van der Waals surface area contributed by atoms with Crippen LogP contribution in [-0.4, -0.2) is 16.9 Å². The smallest absolute Gasteiger partial charge is 0.314 e. The zero-order valence-corrected chi connectivity index (χ0v) is 12.8. The van der Waals surface area contributed by atoms with Gasteiger partial charge in [0.2, 0.25) is 5.91 Å². The minimum atomic E-state index is -0.591. The standard InChI is InChI=1S/C16H24N2O3/c1-3-5-6-7-8-12(4-2)16(20)21-14-9-13(15(17)19)10-18-11-14/h9-12H,3-8H2,1-2H3,(H2,17,19). The molecule has 1 aromatic rings. The number of primary amides is 1. The van der Waals surface area contributed by atoms with Gasteiger partial charge in [-0.3, -0.25) is 14.6 Å². The molecule has 1 aromatic heterocycles. The van der Waals surface area contributed by atoms with Crippen molar-refractivity contribution in [2.75, 3.05) is 0 Å². The Morgan fingerprint density at radius 3 is 2.62 bits per heavy atom. The summed E-state index contributed by atoms with van der Waals surface area (Å²) in [6, 6.07) is 1.44. The van der Waals surface area contributed by atoms with Gasteiger partial charge >= 0.3 is 5.97 Å². The molecule has 0 aliphatic carbocycles. The van der Waals surface area contributed by atoms with Crippen molar-refractivity contribution in [1.82, 2.24) is 4.98 Å². The fourth-order valence-corrected chi connectivity index (χ4v) is 2.12. The number of ether oxygens (including phenoxy) is 1. The number of carbonyl (C=O) groups is 2. The number of amides is 1. The predicted molar refractivity (Wildman–Crippen MR) is 80.9 cm³/mol. The molecule has 1 rings (SSSR count). The zero-order valence-electron chi connectivity index (χ0n) is 12.8. The Morgan fingerprint density at radius 1 is 1.24 bits per heavy atom. The Labute approximate surface area is 125 Å². The van der Waals surface area contributed by atoms with E-state index in [0.717, 1.165) is 25.7 Å². The van der Waals surface area contributed by atoms with Crippen molar-refractivity contribution < 1.29 is 14.3 Å². The van der Waals surface area contributed by atoms with E-state index < -0.39 is 5.91 Å². The monoisotopic (exact) mass is 292 g/mol. The Hall–Kier alpha value is -1.91. The molecule has 1 atom stereocenters. The van der Waals surface area contributed by atoms with Gasteiger partial charge in [-0.25, -0.2) is 0 Å². The number of hydrogen-bond donors (Lipinski definition) is 1. The van der Waals surface area contributed by atoms with E-state index in [-0.39, 0.29) is 23.2 Å². The number of carbonyl (C=O) groups excluding carboxylic acids is 2. The van der Waals surface area contributed by atoms with Crippen molar-refractivity contribution in [3.8, 4) is 5.75 Å². The number of rotatable bonds is 9. The minimum Gasteiger partial charge on any atom is -0.425 e. The van der Waals surface area contributed by atoms with Gasteiger partial charge < -0.3 is 10.5 Å². The molecule has 0 saturated carbocycles. The molecular weight excluding hydrogens is 268 g/mol. The van der Waals surface area contributed by atoms with Gasteiger partial charge in [-0.15, -0.1) is 0 Å². The van der Waals surface area contributed by atoms with E-state index in [0.29, 0.717) is 0 Å². The van der Waals surface area contributed by atoms with Crippen LogP contribution in [0, 0.1) is 5.92 Å². The summed E-state index contributed by atoms with van der Waals surface area (Å²) in [5.41, 5.74) is 5.41. The molecule has 2 N–H and O–H groups in total. The van der Waals surface area contributed by atoms with Crippen molar-refractivity contribution in [3.63, 3.8) is 0 Å². The molecular formula is C16H24N2O3. The fraction of sp³-hybridized carbons (Fsp3) is 0.562. The summed E-state index contributed by atoms with van der Waals surface area (Å²) in [7, 11) is 0. The summed E-state index contributed by atoms with van der Waals surface area (Å²) < 4.78 is 5.31. The number of esters is 1. The third-order valence-corrected chi connectivity index (χ3v) is 3.45. The van der Waals surface area contributed by atoms with E-state index in [4.69, 9.17) is 10.5 Å². The largest absolute Gasteiger partial charge is 0.425 e. The third kappa shape index (κ3) is 5.94. The van der Waals surface area contributed by atoms with Crippen LogP contribution in [0.3, 0.4) is 0 Å². The van der Waals surface area contributed by atoms with Gasteiger partial charge in [0, 0.05) is 6.20 Å². The number of aromatic nitrogens is 1. The molecule has 1 heterocycles. The van der Waals surface area contributed by atoms with Gasteiger partial charge in [-0.1, -0.05) is 39.5 Å². The Kier molecular flexibility index (Phi) is 7.43. The summed E-state index contributed by atoms with van der Waals surface area (Å²) >= 11 is 0. The van der Waals surface area contributed by atoms with Crippen LogP contribution in [0.25, 0.3) is 0 Å². The first-order valence-electron chi connectivity index (χ1n) is 7.55. The highest BCUT2D eigenvalue weighted by atomic mass is 16.5. The van der Waals surface area contributed by atoms with Crippen LogP contribution in [0.15, 0.2) is 18.5 Å². The lowest BCUT2D eigenvalue weighted by molar-refractivity contribution is -0.139. The molecule has 5 nitrogen and oxygen atoms in total. The number of nitrogens with zero attached hydrogens (tertiary/aromatic N) is 1. The second-order valence-electron chi connectivity index (χ2n) is 5.15. The lowest BCUT2D eigenvalue weighted by Crippen LogP contribution is -2.20. The molecule has 0 bridgehead atoms. The fourth-order valence-electron chi connectivity index (χ4n) is 2.12. The van der Waals surface area contributed by atoms with Gasteiger partial charge in [-0.2, -0.15) is 0 Å². The Balaban J connectivity index is 2.57. The summed E-state index contributed by atoms with van der Waals surface area (Å²) in [5, 5.41) is 0. The molecule has 0 aromatic carbocycles. The molecule has 0 aliphatic heterocycles. The van der Waals surface area contributed by atoms with Gasteiger partial charge in [-0.05, 0) is 18.9 Å². The SMILES string of the molecule is CCCCCCC(CC)C(=O)Oc1cncc(C(N)=O)c1. The Bertz CT molecular complexity index is 474. The molecule has 1 unspecified atom stereocenters. The van der Waals surface area contributed by atoms with Crippen molar-refractivity contribution in [2.45, 2.75) is 52.4 Å². The first-order chi connectivity index (χ1) is 10.1. The predicted octanol–water partition coefficient (Wildman–Crippen LogP) is 3.08. The van der Waals surface area contributed by atoms with Crippen LogP contribution >= 0.6 is 0 Å². The maximum atomic E-state index is 12.1. The molecule has 21 heavy (non-hydrogen) atoms. The number of nitrogens with two attached hydrogens (primary N) is 1. The average Bonchev–Trinajstić information content (AvgIpc) is 2.47. The third-order valence-electron chi connectivity index (χ3n) is 3.45. The normalized spacial score (nSPS) is 11.9. The summed E-state index contributed by atoms with van der Waals surface area (Å²) in [5.74, 6) is -0.702. The van der Waals surface area contributed by atoms with Gasteiger partial charge in [0.25, 0.3) is 0 Å². The maximum absolute atomic E-state index is 12.1. The van der Waals surface area contributed by atoms with E-state index >= 15 is 0 Å². The van der Waals surface area contributed by atoms with E-state index in [1.165, 1.54) is 31.3 Å². The summed E-state index contributed by atoms with van der Waals surface area (Å²) in [4.78, 5) is 27.0. The second kappa shape index (κ2) is 9.10. The molecule has 1 amide bonds. The molecule has 0 radical (unpaired) electrons. The minimum absolute atomic E-state index is 0.112. The van der Waals surface area contributed by atoms with Crippen LogP contribution in [0.1, 0.15) is 62.7 Å². The van der Waals surface area contributed by atoms with Crippen LogP contribution in [-0.2, 0) is 4.79 Å².